The maximum atomic E-state index is 12.0. The molecule has 4 N–H and O–H groups in total. The number of sulfonamides is 1. The molecule has 10 nitrogen and oxygen atoms in total. The Kier molecular flexibility index (Phi) is 6.21. The molecule has 1 fully saturated rings. The highest BCUT2D eigenvalue weighted by molar-refractivity contribution is 7.92. The lowest BCUT2D eigenvalue weighted by atomic mass is 9.71. The standard InChI is InChI=1S/C32H28N6O4S/c1-43(41,42)37-23-8-4-7-21(19-23)27-28(20-12-14-22(15-13-20)32(16-6-17-32)36-31(39)40)38-26-11-5-18-33-29(26)34-25-10-3-2-9-24(25)30(38)35-27/h2-5,7-15,18-19,36-37H,6,16-17H2,1H3,(H,33,34)(H,39,40). The van der Waals surface area contributed by atoms with Crippen molar-refractivity contribution in [3.8, 4) is 39.6 Å². The van der Waals surface area contributed by atoms with E-state index in [0.717, 1.165) is 64.8 Å². The zero-order chi connectivity index (χ0) is 29.8. The van der Waals surface area contributed by atoms with E-state index in [4.69, 9.17) is 4.98 Å². The number of aromatic nitrogens is 3. The second-order valence-electron chi connectivity index (χ2n) is 10.9. The molecular weight excluding hydrogens is 564 g/mol. The number of rotatable bonds is 6. The minimum atomic E-state index is -3.49. The molecule has 2 aromatic heterocycles. The van der Waals surface area contributed by atoms with E-state index in [1.54, 1.807) is 24.4 Å². The van der Waals surface area contributed by atoms with Crippen LogP contribution in [0.15, 0.2) is 91.1 Å². The zero-order valence-electron chi connectivity index (χ0n) is 23.2. The van der Waals surface area contributed by atoms with Crippen molar-refractivity contribution in [1.29, 1.82) is 0 Å². The van der Waals surface area contributed by atoms with Gasteiger partial charge in [0.15, 0.2) is 5.82 Å². The number of hydrogen-bond acceptors (Lipinski definition) is 6. The van der Waals surface area contributed by atoms with Crippen molar-refractivity contribution in [1.82, 2.24) is 19.9 Å². The van der Waals surface area contributed by atoms with E-state index in [1.807, 2.05) is 66.7 Å². The van der Waals surface area contributed by atoms with Crippen LogP contribution in [0.5, 0.6) is 0 Å². The van der Waals surface area contributed by atoms with Crippen molar-refractivity contribution < 1.29 is 18.3 Å². The second kappa shape index (κ2) is 9.99. The third-order valence-corrected chi connectivity index (χ3v) is 8.64. The number of anilines is 3. The first-order chi connectivity index (χ1) is 20.7. The second-order valence-corrected chi connectivity index (χ2v) is 12.7. The molecule has 3 heterocycles. The summed E-state index contributed by atoms with van der Waals surface area (Å²) in [6, 6.07) is 26.9. The number of pyridine rings is 1. The SMILES string of the molecule is CS(=O)(=O)Nc1cccc(-c2nc3n(c2-c2ccc(C4(NC(=O)O)CCC4)cc2)-c2cccnc2Nc2ccccc2-3)c1. The van der Waals surface area contributed by atoms with Crippen molar-refractivity contribution in [2.24, 2.45) is 0 Å². The number of benzene rings is 3. The molecule has 1 saturated carbocycles. The summed E-state index contributed by atoms with van der Waals surface area (Å²) < 4.78 is 28.7. The summed E-state index contributed by atoms with van der Waals surface area (Å²) in [5, 5.41) is 15.7. The molecule has 0 saturated heterocycles. The van der Waals surface area contributed by atoms with Crippen LogP contribution in [0.4, 0.5) is 22.0 Å². The number of imidazole rings is 1. The summed E-state index contributed by atoms with van der Waals surface area (Å²) in [5.41, 5.74) is 6.34. The van der Waals surface area contributed by atoms with E-state index in [1.165, 1.54) is 0 Å². The van der Waals surface area contributed by atoms with Crippen LogP contribution >= 0.6 is 0 Å². The molecule has 43 heavy (non-hydrogen) atoms. The van der Waals surface area contributed by atoms with E-state index in [-0.39, 0.29) is 0 Å². The van der Waals surface area contributed by atoms with Gasteiger partial charge in [0.1, 0.15) is 5.82 Å². The number of fused-ring (bicyclic) bond motifs is 5. The van der Waals surface area contributed by atoms with Gasteiger partial charge in [0.2, 0.25) is 10.0 Å². The largest absolute Gasteiger partial charge is 0.465 e. The zero-order valence-corrected chi connectivity index (χ0v) is 24.0. The van der Waals surface area contributed by atoms with Crippen LogP contribution in [0.25, 0.3) is 39.6 Å². The molecule has 1 aliphatic carbocycles. The molecule has 0 atom stereocenters. The number of hydrogen-bond donors (Lipinski definition) is 4. The van der Waals surface area contributed by atoms with Gasteiger partial charge in [-0.1, -0.05) is 48.5 Å². The minimum Gasteiger partial charge on any atom is -0.465 e. The summed E-state index contributed by atoms with van der Waals surface area (Å²) in [6.07, 6.45) is 4.26. The average Bonchev–Trinajstić information content (AvgIpc) is 3.29. The lowest BCUT2D eigenvalue weighted by Gasteiger charge is -2.42. The lowest BCUT2D eigenvalue weighted by molar-refractivity contribution is 0.144. The highest BCUT2D eigenvalue weighted by Crippen LogP contribution is 2.46. The van der Waals surface area contributed by atoms with Crippen LogP contribution in [0.1, 0.15) is 24.8 Å². The number of para-hydroxylation sites is 1. The predicted molar refractivity (Wildman–Crippen MR) is 166 cm³/mol. The predicted octanol–water partition coefficient (Wildman–Crippen LogP) is 6.34. The van der Waals surface area contributed by atoms with E-state index >= 15 is 0 Å². The van der Waals surface area contributed by atoms with Gasteiger partial charge in [-0.2, -0.15) is 0 Å². The Hall–Kier alpha value is -5.16. The Labute approximate surface area is 248 Å². The Balaban J connectivity index is 1.48. The van der Waals surface area contributed by atoms with Crippen LogP contribution in [-0.2, 0) is 15.6 Å². The van der Waals surface area contributed by atoms with Crippen molar-refractivity contribution in [3.05, 3.63) is 96.7 Å². The number of carbonyl (C=O) groups is 1. The number of carboxylic acid groups (broad SMARTS) is 1. The minimum absolute atomic E-state index is 0.431. The molecule has 1 amide bonds. The molecule has 0 radical (unpaired) electrons. The van der Waals surface area contributed by atoms with Gasteiger partial charge < -0.3 is 15.7 Å². The van der Waals surface area contributed by atoms with Crippen LogP contribution < -0.4 is 15.4 Å². The fourth-order valence-electron chi connectivity index (χ4n) is 6.00. The van der Waals surface area contributed by atoms with Gasteiger partial charge in [0.25, 0.3) is 0 Å². The normalized spacial score (nSPS) is 14.6. The van der Waals surface area contributed by atoms with Crippen molar-refractivity contribution in [2.45, 2.75) is 24.8 Å². The van der Waals surface area contributed by atoms with Gasteiger partial charge in [-0.25, -0.2) is 23.2 Å². The van der Waals surface area contributed by atoms with Crippen LogP contribution in [0.2, 0.25) is 0 Å². The molecule has 5 aromatic rings. The van der Waals surface area contributed by atoms with Gasteiger partial charge in [-0.15, -0.1) is 0 Å². The summed E-state index contributed by atoms with van der Waals surface area (Å²) >= 11 is 0. The van der Waals surface area contributed by atoms with E-state index in [2.05, 4.69) is 24.9 Å². The van der Waals surface area contributed by atoms with Crippen molar-refractivity contribution >= 4 is 33.3 Å². The highest BCUT2D eigenvalue weighted by atomic mass is 32.2. The number of amides is 1. The quantitative estimate of drug-likeness (QED) is 0.177. The number of nitrogens with one attached hydrogen (secondary N) is 3. The average molecular weight is 593 g/mol. The van der Waals surface area contributed by atoms with E-state index in [0.29, 0.717) is 23.0 Å². The summed E-state index contributed by atoms with van der Waals surface area (Å²) in [7, 11) is -3.49. The van der Waals surface area contributed by atoms with Gasteiger partial charge in [0, 0.05) is 28.6 Å². The smallest absolute Gasteiger partial charge is 0.405 e. The highest BCUT2D eigenvalue weighted by Gasteiger charge is 2.40. The first-order valence-electron chi connectivity index (χ1n) is 13.9. The molecule has 2 aliphatic rings. The van der Waals surface area contributed by atoms with Crippen molar-refractivity contribution in [3.63, 3.8) is 0 Å². The Bertz CT molecular complexity index is 2000. The Morgan fingerprint density at radius 2 is 1.77 bits per heavy atom. The van der Waals surface area contributed by atoms with Gasteiger partial charge in [-0.05, 0) is 61.2 Å². The summed E-state index contributed by atoms with van der Waals surface area (Å²) in [4.78, 5) is 21.4. The van der Waals surface area contributed by atoms with Crippen molar-refractivity contribution in [2.75, 3.05) is 16.3 Å². The number of nitrogens with zero attached hydrogens (tertiary/aromatic N) is 3. The van der Waals surface area contributed by atoms with Gasteiger partial charge >= 0.3 is 6.09 Å². The van der Waals surface area contributed by atoms with E-state index in [9.17, 15) is 18.3 Å². The Morgan fingerprint density at radius 3 is 2.49 bits per heavy atom. The fourth-order valence-corrected chi connectivity index (χ4v) is 6.56. The third-order valence-electron chi connectivity index (χ3n) is 8.03. The molecule has 0 unspecified atom stereocenters. The third kappa shape index (κ3) is 4.77. The maximum absolute atomic E-state index is 12.0. The first-order valence-corrected chi connectivity index (χ1v) is 15.7. The molecular formula is C32H28N6O4S. The molecule has 7 rings (SSSR count). The molecule has 1 aliphatic heterocycles. The van der Waals surface area contributed by atoms with Crippen LogP contribution in [-0.4, -0.2) is 40.4 Å². The first kappa shape index (κ1) is 26.7. The van der Waals surface area contributed by atoms with E-state index < -0.39 is 21.7 Å². The Morgan fingerprint density at radius 1 is 0.977 bits per heavy atom. The van der Waals surface area contributed by atoms with Crippen LogP contribution in [0, 0.1) is 0 Å². The monoisotopic (exact) mass is 592 g/mol. The van der Waals surface area contributed by atoms with Crippen LogP contribution in [0.3, 0.4) is 0 Å². The summed E-state index contributed by atoms with van der Waals surface area (Å²) in [6.45, 7) is 0. The molecule has 11 heteroatoms. The molecule has 0 spiro atoms. The van der Waals surface area contributed by atoms with Gasteiger partial charge in [-0.3, -0.25) is 9.29 Å². The molecule has 216 valence electrons. The molecule has 0 bridgehead atoms. The fraction of sp³-hybridized carbons (Fsp3) is 0.156. The topological polar surface area (TPSA) is 138 Å². The molecule has 3 aromatic carbocycles. The maximum Gasteiger partial charge on any atom is 0.405 e. The lowest BCUT2D eigenvalue weighted by Crippen LogP contribution is -2.50. The van der Waals surface area contributed by atoms with Gasteiger partial charge in [0.05, 0.1) is 34.6 Å². The summed E-state index contributed by atoms with van der Waals surface area (Å²) in [5.74, 6) is 1.37.